The smallest absolute Gasteiger partial charge is 0.101 e. The maximum atomic E-state index is 11.2. The molecule has 3 rings (SSSR count). The summed E-state index contributed by atoms with van der Waals surface area (Å²) in [7, 11) is 0. The van der Waals surface area contributed by atoms with Crippen molar-refractivity contribution in [3.63, 3.8) is 0 Å². The number of benzene rings is 2. The predicted octanol–water partition coefficient (Wildman–Crippen LogP) is 5.28. The van der Waals surface area contributed by atoms with E-state index in [1.54, 1.807) is 0 Å². The van der Waals surface area contributed by atoms with Crippen LogP contribution in [0.4, 0.5) is 0 Å². The Labute approximate surface area is 187 Å². The molecule has 3 aromatic rings. The van der Waals surface area contributed by atoms with Crippen molar-refractivity contribution in [2.45, 2.75) is 45.8 Å². The fraction of sp³-hybridized carbons (Fsp3) is 0.393. The lowest BCUT2D eigenvalue weighted by Gasteiger charge is -2.29. The van der Waals surface area contributed by atoms with E-state index in [0.29, 0.717) is 11.8 Å². The lowest BCUT2D eigenvalue weighted by atomic mass is 9.79. The van der Waals surface area contributed by atoms with Gasteiger partial charge in [0, 0.05) is 23.1 Å². The van der Waals surface area contributed by atoms with Crippen LogP contribution in [-0.2, 0) is 6.54 Å². The lowest BCUT2D eigenvalue weighted by molar-refractivity contribution is -0.675. The highest BCUT2D eigenvalue weighted by Crippen LogP contribution is 2.34. The summed E-state index contributed by atoms with van der Waals surface area (Å²) in [5, 5.41) is 14.7. The molecule has 4 atom stereocenters. The minimum absolute atomic E-state index is 0.166. The first kappa shape index (κ1) is 23.2. The van der Waals surface area contributed by atoms with Gasteiger partial charge in [0.2, 0.25) is 0 Å². The monoisotopic (exact) mass is 417 g/mol. The van der Waals surface area contributed by atoms with Gasteiger partial charge in [-0.2, -0.15) is 0 Å². The molecule has 0 fully saturated rings. The molecule has 0 spiro atoms. The largest absolute Gasteiger partial charge is 0.388 e. The van der Waals surface area contributed by atoms with E-state index < -0.39 is 6.10 Å². The summed E-state index contributed by atoms with van der Waals surface area (Å²) in [6.45, 7) is 10.6. The highest BCUT2D eigenvalue weighted by molar-refractivity contribution is 5.82. The molecule has 3 nitrogen and oxygen atoms in total. The van der Waals surface area contributed by atoms with Gasteiger partial charge in [-0.1, -0.05) is 74.9 Å². The third kappa shape index (κ3) is 6.25. The van der Waals surface area contributed by atoms with Crippen LogP contribution >= 0.6 is 0 Å². The van der Waals surface area contributed by atoms with Crippen molar-refractivity contribution in [3.8, 4) is 0 Å². The van der Waals surface area contributed by atoms with Gasteiger partial charge in [0.05, 0.1) is 18.2 Å². The zero-order valence-electron chi connectivity index (χ0n) is 19.0. The number of para-hydroxylation sites is 1. The molecule has 0 saturated carbocycles. The number of hydrogen-bond acceptors (Lipinski definition) is 2. The van der Waals surface area contributed by atoms with Crippen molar-refractivity contribution in [2.75, 3.05) is 6.54 Å². The molecule has 164 valence electrons. The summed E-state index contributed by atoms with van der Waals surface area (Å²) in [5.74, 6) is 1.12. The maximum Gasteiger partial charge on any atom is 0.101 e. The SMILES string of the molecule is C=CC(C[NH2+]Cc1ccccc1)C(CCC)CC(C)[C@H](O)c1ccnc2ccccc12. The van der Waals surface area contributed by atoms with E-state index in [9.17, 15) is 5.11 Å². The zero-order valence-corrected chi connectivity index (χ0v) is 19.0. The standard InChI is InChI=1S/C28H36N2O/c1-4-11-24(23(5-2)20-29-19-22-12-7-6-8-13-22)18-21(3)28(31)26-16-17-30-27-15-10-9-14-25(26)27/h5-10,12-17,21,23-24,28-29,31H,2,4,11,18-20H2,1,3H3/p+1/t21?,23?,24?,28-/m0/s1. The Kier molecular flexibility index (Phi) is 8.81. The van der Waals surface area contributed by atoms with Gasteiger partial charge >= 0.3 is 0 Å². The van der Waals surface area contributed by atoms with E-state index in [4.69, 9.17) is 0 Å². The van der Waals surface area contributed by atoms with Gasteiger partial charge < -0.3 is 10.4 Å². The highest BCUT2D eigenvalue weighted by atomic mass is 16.3. The number of quaternary nitrogens is 1. The van der Waals surface area contributed by atoms with E-state index in [-0.39, 0.29) is 5.92 Å². The first-order valence-corrected chi connectivity index (χ1v) is 11.6. The van der Waals surface area contributed by atoms with Crippen molar-refractivity contribution in [2.24, 2.45) is 17.8 Å². The summed E-state index contributed by atoms with van der Waals surface area (Å²) in [6, 6.07) is 20.7. The molecular weight excluding hydrogens is 380 g/mol. The third-order valence-electron chi connectivity index (χ3n) is 6.44. The Balaban J connectivity index is 1.66. The quantitative estimate of drug-likeness (QED) is 0.394. The van der Waals surface area contributed by atoms with Crippen LogP contribution in [0.2, 0.25) is 0 Å². The van der Waals surface area contributed by atoms with E-state index in [1.807, 2.05) is 30.5 Å². The summed E-state index contributed by atoms with van der Waals surface area (Å²) in [6.07, 6.45) is 6.73. The molecule has 0 radical (unpaired) electrons. The molecule has 0 bridgehead atoms. The minimum Gasteiger partial charge on any atom is -0.388 e. The molecule has 3 unspecified atom stereocenters. The van der Waals surface area contributed by atoms with E-state index >= 15 is 0 Å². The fourth-order valence-corrected chi connectivity index (χ4v) is 4.70. The molecule has 31 heavy (non-hydrogen) atoms. The Morgan fingerprint density at radius 1 is 1.06 bits per heavy atom. The first-order chi connectivity index (χ1) is 15.1. The number of nitrogens with zero attached hydrogens (tertiary/aromatic N) is 1. The van der Waals surface area contributed by atoms with E-state index in [0.717, 1.165) is 48.8 Å². The van der Waals surface area contributed by atoms with Gasteiger partial charge in [0.25, 0.3) is 0 Å². The van der Waals surface area contributed by atoms with Gasteiger partial charge in [-0.3, -0.25) is 4.98 Å². The maximum absolute atomic E-state index is 11.2. The zero-order chi connectivity index (χ0) is 22.1. The molecule has 0 aliphatic carbocycles. The second-order valence-electron chi connectivity index (χ2n) is 8.74. The van der Waals surface area contributed by atoms with Crippen LogP contribution in [0.1, 0.15) is 50.3 Å². The molecular formula is C28H37N2O+. The average Bonchev–Trinajstić information content (AvgIpc) is 2.81. The average molecular weight is 418 g/mol. The third-order valence-corrected chi connectivity index (χ3v) is 6.44. The Morgan fingerprint density at radius 2 is 1.81 bits per heavy atom. The van der Waals surface area contributed by atoms with Crippen LogP contribution in [0.5, 0.6) is 0 Å². The van der Waals surface area contributed by atoms with E-state index in [1.165, 1.54) is 5.56 Å². The number of fused-ring (bicyclic) bond motifs is 1. The Morgan fingerprint density at radius 3 is 2.55 bits per heavy atom. The highest BCUT2D eigenvalue weighted by Gasteiger charge is 2.26. The minimum atomic E-state index is -0.494. The summed E-state index contributed by atoms with van der Waals surface area (Å²) >= 11 is 0. The number of nitrogens with two attached hydrogens (primary N) is 1. The van der Waals surface area contributed by atoms with Crippen molar-refractivity contribution in [1.29, 1.82) is 0 Å². The molecule has 0 aliphatic heterocycles. The number of hydrogen-bond donors (Lipinski definition) is 2. The van der Waals surface area contributed by atoms with Crippen molar-refractivity contribution >= 4 is 10.9 Å². The molecule has 3 N–H and O–H groups in total. The Hall–Kier alpha value is -2.49. The lowest BCUT2D eigenvalue weighted by Crippen LogP contribution is -2.84. The van der Waals surface area contributed by atoms with E-state index in [2.05, 4.69) is 73.2 Å². The van der Waals surface area contributed by atoms with Crippen LogP contribution in [0.3, 0.4) is 0 Å². The van der Waals surface area contributed by atoms with Crippen LogP contribution in [0.15, 0.2) is 79.5 Å². The number of rotatable bonds is 12. The van der Waals surface area contributed by atoms with Crippen LogP contribution in [0, 0.1) is 17.8 Å². The predicted molar refractivity (Wildman–Crippen MR) is 130 cm³/mol. The van der Waals surface area contributed by atoms with Gasteiger partial charge in [0.15, 0.2) is 0 Å². The van der Waals surface area contributed by atoms with Crippen LogP contribution in [-0.4, -0.2) is 16.6 Å². The normalized spacial score (nSPS) is 15.3. The second kappa shape index (κ2) is 11.8. The number of aliphatic hydroxyl groups excluding tert-OH is 1. The first-order valence-electron chi connectivity index (χ1n) is 11.6. The molecule has 1 heterocycles. The summed E-state index contributed by atoms with van der Waals surface area (Å²) in [5.41, 5.74) is 3.28. The molecule has 0 aliphatic rings. The number of aliphatic hydroxyl groups is 1. The number of aromatic nitrogens is 1. The second-order valence-corrected chi connectivity index (χ2v) is 8.74. The summed E-state index contributed by atoms with van der Waals surface area (Å²) in [4.78, 5) is 4.45. The Bertz CT molecular complexity index is 935. The molecule has 0 amide bonds. The van der Waals surface area contributed by atoms with Gasteiger partial charge in [-0.05, 0) is 42.4 Å². The topological polar surface area (TPSA) is 49.7 Å². The van der Waals surface area contributed by atoms with Crippen LogP contribution < -0.4 is 5.32 Å². The van der Waals surface area contributed by atoms with Gasteiger partial charge in [0.1, 0.15) is 6.54 Å². The van der Waals surface area contributed by atoms with Crippen molar-refractivity contribution in [3.05, 3.63) is 90.6 Å². The summed E-state index contributed by atoms with van der Waals surface area (Å²) < 4.78 is 0. The van der Waals surface area contributed by atoms with Gasteiger partial charge in [-0.15, -0.1) is 6.58 Å². The van der Waals surface area contributed by atoms with Crippen molar-refractivity contribution < 1.29 is 10.4 Å². The van der Waals surface area contributed by atoms with Crippen LogP contribution in [0.25, 0.3) is 10.9 Å². The van der Waals surface area contributed by atoms with Gasteiger partial charge in [-0.25, -0.2) is 0 Å². The molecule has 3 heteroatoms. The fourth-order valence-electron chi connectivity index (χ4n) is 4.70. The molecule has 0 saturated heterocycles. The molecule has 1 aromatic heterocycles. The van der Waals surface area contributed by atoms with Crippen molar-refractivity contribution in [1.82, 2.24) is 4.98 Å². The molecule has 2 aromatic carbocycles. The number of pyridine rings is 1.